The zero-order valence-electron chi connectivity index (χ0n) is 12.2. The van der Waals surface area contributed by atoms with Crippen LogP contribution in [0.3, 0.4) is 0 Å². The van der Waals surface area contributed by atoms with Gasteiger partial charge < -0.3 is 20.1 Å². The Morgan fingerprint density at radius 1 is 1.14 bits per heavy atom. The van der Waals surface area contributed by atoms with E-state index in [-0.39, 0.29) is 24.7 Å². The number of morpholine rings is 1. The van der Waals surface area contributed by atoms with Gasteiger partial charge >= 0.3 is 6.09 Å². The van der Waals surface area contributed by atoms with Gasteiger partial charge in [0.2, 0.25) is 0 Å². The summed E-state index contributed by atoms with van der Waals surface area (Å²) in [6, 6.07) is 7.32. The molecule has 118 valence electrons. The van der Waals surface area contributed by atoms with Crippen molar-refractivity contribution in [2.75, 3.05) is 42.6 Å². The molecule has 2 fully saturated rings. The number of rotatable bonds is 4. The highest BCUT2D eigenvalue weighted by Gasteiger charge is 2.31. The molecule has 2 heterocycles. The minimum Gasteiger partial charge on any atom is -0.444 e. The van der Waals surface area contributed by atoms with Crippen molar-refractivity contribution < 1.29 is 19.1 Å². The second-order valence-electron chi connectivity index (χ2n) is 5.31. The Morgan fingerprint density at radius 3 is 2.45 bits per heavy atom. The SMILES string of the molecule is NCC[C@H]1CN(c2ccc(N3CCOCC3=O)cc2)C(=O)O1. The number of hydrogen-bond acceptors (Lipinski definition) is 5. The summed E-state index contributed by atoms with van der Waals surface area (Å²) in [7, 11) is 0. The van der Waals surface area contributed by atoms with Gasteiger partial charge in [0.25, 0.3) is 5.91 Å². The maximum atomic E-state index is 11.9. The summed E-state index contributed by atoms with van der Waals surface area (Å²) in [4.78, 5) is 27.0. The summed E-state index contributed by atoms with van der Waals surface area (Å²) in [6.45, 7) is 2.19. The van der Waals surface area contributed by atoms with Crippen LogP contribution in [0.15, 0.2) is 24.3 Å². The fraction of sp³-hybridized carbons (Fsp3) is 0.467. The lowest BCUT2D eigenvalue weighted by Crippen LogP contribution is -2.41. The molecule has 3 rings (SSSR count). The highest BCUT2D eigenvalue weighted by molar-refractivity contribution is 5.95. The number of anilines is 2. The average Bonchev–Trinajstić information content (AvgIpc) is 2.89. The number of cyclic esters (lactones) is 1. The van der Waals surface area contributed by atoms with Crippen molar-refractivity contribution in [2.24, 2.45) is 5.73 Å². The van der Waals surface area contributed by atoms with E-state index >= 15 is 0 Å². The number of amides is 2. The fourth-order valence-corrected chi connectivity index (χ4v) is 2.67. The van der Waals surface area contributed by atoms with Crippen LogP contribution in [-0.2, 0) is 14.3 Å². The first-order chi connectivity index (χ1) is 10.7. The Hall–Kier alpha value is -2.12. The third kappa shape index (κ3) is 2.90. The first-order valence-corrected chi connectivity index (χ1v) is 7.35. The van der Waals surface area contributed by atoms with E-state index < -0.39 is 0 Å². The smallest absolute Gasteiger partial charge is 0.414 e. The summed E-state index contributed by atoms with van der Waals surface area (Å²) in [6.07, 6.45) is 0.148. The van der Waals surface area contributed by atoms with Gasteiger partial charge in [0.05, 0.1) is 13.2 Å². The number of carbonyl (C=O) groups is 2. The van der Waals surface area contributed by atoms with Crippen LogP contribution in [0.2, 0.25) is 0 Å². The third-order valence-electron chi connectivity index (χ3n) is 3.82. The van der Waals surface area contributed by atoms with E-state index in [4.69, 9.17) is 15.2 Å². The molecule has 1 atom stereocenters. The van der Waals surface area contributed by atoms with Crippen molar-refractivity contribution in [1.29, 1.82) is 0 Å². The zero-order chi connectivity index (χ0) is 15.5. The van der Waals surface area contributed by atoms with Crippen LogP contribution in [0.25, 0.3) is 0 Å². The molecule has 0 aliphatic carbocycles. The number of ether oxygens (including phenoxy) is 2. The van der Waals surface area contributed by atoms with Gasteiger partial charge in [-0.15, -0.1) is 0 Å². The molecule has 0 unspecified atom stereocenters. The molecule has 2 aliphatic rings. The van der Waals surface area contributed by atoms with Crippen LogP contribution < -0.4 is 15.5 Å². The van der Waals surface area contributed by atoms with Gasteiger partial charge in [-0.3, -0.25) is 9.69 Å². The largest absolute Gasteiger partial charge is 0.444 e. The molecule has 7 heteroatoms. The van der Waals surface area contributed by atoms with Crippen LogP contribution >= 0.6 is 0 Å². The highest BCUT2D eigenvalue weighted by Crippen LogP contribution is 2.26. The second kappa shape index (κ2) is 6.33. The van der Waals surface area contributed by atoms with Crippen LogP contribution in [-0.4, -0.2) is 51.0 Å². The highest BCUT2D eigenvalue weighted by atomic mass is 16.6. The number of benzene rings is 1. The van der Waals surface area contributed by atoms with Gasteiger partial charge in [-0.05, 0) is 37.2 Å². The van der Waals surface area contributed by atoms with Crippen LogP contribution in [0.1, 0.15) is 6.42 Å². The van der Waals surface area contributed by atoms with Crippen LogP contribution in [0.5, 0.6) is 0 Å². The summed E-state index contributed by atoms with van der Waals surface area (Å²) in [5, 5.41) is 0. The first kappa shape index (κ1) is 14.8. The Bertz CT molecular complexity index is 560. The van der Waals surface area contributed by atoms with Crippen molar-refractivity contribution in [3.63, 3.8) is 0 Å². The third-order valence-corrected chi connectivity index (χ3v) is 3.82. The van der Waals surface area contributed by atoms with E-state index in [1.54, 1.807) is 9.80 Å². The second-order valence-corrected chi connectivity index (χ2v) is 5.31. The molecule has 2 saturated heterocycles. The molecule has 1 aromatic carbocycles. The molecule has 0 saturated carbocycles. The lowest BCUT2D eigenvalue weighted by Gasteiger charge is -2.27. The van der Waals surface area contributed by atoms with E-state index in [0.29, 0.717) is 32.7 Å². The quantitative estimate of drug-likeness (QED) is 0.886. The lowest BCUT2D eigenvalue weighted by atomic mass is 10.2. The fourth-order valence-electron chi connectivity index (χ4n) is 2.67. The summed E-state index contributed by atoms with van der Waals surface area (Å²) < 4.78 is 10.4. The van der Waals surface area contributed by atoms with E-state index in [1.807, 2.05) is 24.3 Å². The Labute approximate surface area is 128 Å². The summed E-state index contributed by atoms with van der Waals surface area (Å²) >= 11 is 0. The average molecular weight is 305 g/mol. The first-order valence-electron chi connectivity index (χ1n) is 7.35. The molecular formula is C15H19N3O4. The van der Waals surface area contributed by atoms with Gasteiger partial charge in [-0.2, -0.15) is 0 Å². The Balaban J connectivity index is 1.71. The maximum Gasteiger partial charge on any atom is 0.414 e. The minimum atomic E-state index is -0.353. The van der Waals surface area contributed by atoms with Crippen molar-refractivity contribution in [3.05, 3.63) is 24.3 Å². The number of nitrogens with zero attached hydrogens (tertiary/aromatic N) is 2. The van der Waals surface area contributed by atoms with E-state index in [9.17, 15) is 9.59 Å². The summed E-state index contributed by atoms with van der Waals surface area (Å²) in [5.41, 5.74) is 7.06. The van der Waals surface area contributed by atoms with Crippen molar-refractivity contribution in [3.8, 4) is 0 Å². The number of carbonyl (C=O) groups excluding carboxylic acids is 2. The molecule has 0 aromatic heterocycles. The van der Waals surface area contributed by atoms with Gasteiger partial charge in [-0.25, -0.2) is 4.79 Å². The summed E-state index contributed by atoms with van der Waals surface area (Å²) in [5.74, 6) is -0.0532. The van der Waals surface area contributed by atoms with Gasteiger partial charge in [-0.1, -0.05) is 0 Å². The molecule has 22 heavy (non-hydrogen) atoms. The maximum absolute atomic E-state index is 11.9. The normalized spacial score (nSPS) is 22.1. The van der Waals surface area contributed by atoms with Crippen LogP contribution in [0, 0.1) is 0 Å². The van der Waals surface area contributed by atoms with Gasteiger partial charge in [0.15, 0.2) is 0 Å². The minimum absolute atomic E-state index is 0.0532. The molecule has 0 radical (unpaired) electrons. The lowest BCUT2D eigenvalue weighted by molar-refractivity contribution is -0.125. The number of nitrogens with two attached hydrogens (primary N) is 1. The molecule has 0 bridgehead atoms. The number of hydrogen-bond donors (Lipinski definition) is 1. The van der Waals surface area contributed by atoms with E-state index in [0.717, 1.165) is 11.4 Å². The molecule has 2 aliphatic heterocycles. The van der Waals surface area contributed by atoms with Gasteiger partial charge in [0, 0.05) is 17.9 Å². The predicted molar refractivity (Wildman–Crippen MR) is 80.9 cm³/mol. The molecule has 2 amide bonds. The Morgan fingerprint density at radius 2 is 1.82 bits per heavy atom. The molecule has 2 N–H and O–H groups in total. The molecule has 1 aromatic rings. The molecule has 7 nitrogen and oxygen atoms in total. The predicted octanol–water partition coefficient (Wildman–Crippen LogP) is 0.724. The molecule has 0 spiro atoms. The van der Waals surface area contributed by atoms with E-state index in [2.05, 4.69) is 0 Å². The van der Waals surface area contributed by atoms with Gasteiger partial charge in [0.1, 0.15) is 12.7 Å². The topological polar surface area (TPSA) is 85.1 Å². The van der Waals surface area contributed by atoms with Crippen molar-refractivity contribution >= 4 is 23.4 Å². The standard InChI is InChI=1S/C15H19N3O4/c16-6-5-13-9-18(15(20)22-13)12-3-1-11(2-4-12)17-7-8-21-10-14(17)19/h1-4,13H,5-10,16H2/t13-/m0/s1. The van der Waals surface area contributed by atoms with E-state index in [1.165, 1.54) is 0 Å². The van der Waals surface area contributed by atoms with Crippen molar-refractivity contribution in [1.82, 2.24) is 0 Å². The Kier molecular flexibility index (Phi) is 4.26. The zero-order valence-corrected chi connectivity index (χ0v) is 12.2. The van der Waals surface area contributed by atoms with Crippen molar-refractivity contribution in [2.45, 2.75) is 12.5 Å². The van der Waals surface area contributed by atoms with Crippen LogP contribution in [0.4, 0.5) is 16.2 Å². The monoisotopic (exact) mass is 305 g/mol. The molecular weight excluding hydrogens is 286 g/mol.